The molecule has 4 heterocycles. The Morgan fingerprint density at radius 1 is 1.11 bits per heavy atom. The lowest BCUT2D eigenvalue weighted by molar-refractivity contribution is -0.131. The molecule has 1 aliphatic heterocycles. The van der Waals surface area contributed by atoms with E-state index in [1.165, 1.54) is 6.33 Å². The van der Waals surface area contributed by atoms with Gasteiger partial charge in [-0.3, -0.25) is 9.78 Å². The second-order valence-corrected chi connectivity index (χ2v) is 9.99. The molecule has 36 heavy (non-hydrogen) atoms. The van der Waals surface area contributed by atoms with E-state index in [4.69, 9.17) is 4.74 Å². The molecular weight excluding hydrogens is 450 g/mol. The Hall–Kier alpha value is -4.00. The number of fused-ring (bicyclic) bond motifs is 1. The smallest absolute Gasteiger partial charge is 0.210 e. The van der Waals surface area contributed by atoms with Gasteiger partial charge >= 0.3 is 0 Å². The number of carbonyl (C=O) groups is 1. The van der Waals surface area contributed by atoms with Gasteiger partial charge in [-0.25, -0.2) is 9.50 Å². The number of aromatic nitrogens is 4. The van der Waals surface area contributed by atoms with Crippen LogP contribution >= 0.6 is 0 Å². The van der Waals surface area contributed by atoms with Gasteiger partial charge < -0.3 is 10.1 Å². The number of benzene rings is 1. The van der Waals surface area contributed by atoms with Gasteiger partial charge in [0.1, 0.15) is 12.1 Å². The number of ether oxygens (including phenoxy) is 1. The van der Waals surface area contributed by atoms with E-state index in [0.29, 0.717) is 30.1 Å². The summed E-state index contributed by atoms with van der Waals surface area (Å²) in [6, 6.07) is 16.2. The van der Waals surface area contributed by atoms with E-state index in [1.54, 1.807) is 10.7 Å². The summed E-state index contributed by atoms with van der Waals surface area (Å²) >= 11 is 0. The van der Waals surface area contributed by atoms with E-state index in [-0.39, 0.29) is 11.8 Å². The molecule has 1 aromatic carbocycles. The van der Waals surface area contributed by atoms with Gasteiger partial charge in [0.2, 0.25) is 5.78 Å². The molecule has 1 spiro atoms. The van der Waals surface area contributed by atoms with Crippen molar-refractivity contribution in [2.75, 3.05) is 5.32 Å². The molecule has 0 saturated heterocycles. The highest BCUT2D eigenvalue weighted by atomic mass is 16.5. The van der Waals surface area contributed by atoms with Crippen LogP contribution in [-0.4, -0.2) is 37.0 Å². The predicted molar refractivity (Wildman–Crippen MR) is 139 cm³/mol. The molecule has 0 amide bonds. The first-order valence-corrected chi connectivity index (χ1v) is 12.5. The van der Waals surface area contributed by atoms with Crippen LogP contribution in [-0.2, 0) is 9.53 Å². The first-order chi connectivity index (χ1) is 17.5. The Kier molecular flexibility index (Phi) is 5.55. The lowest BCUT2D eigenvalue weighted by Crippen LogP contribution is -2.43. The number of aryl methyl sites for hydroxylation is 1. The van der Waals surface area contributed by atoms with Crippen molar-refractivity contribution in [3.05, 3.63) is 90.1 Å². The number of hydrogen-bond acceptors (Lipinski definition) is 6. The SMILES string of the molecule is Cc1cccc(C2=C(c3ccc4ncnn4c3)OC3(CCC(C(C)Nc4cccnc4)CC3)C2=O)c1. The first-order valence-electron chi connectivity index (χ1n) is 12.5. The largest absolute Gasteiger partial charge is 0.478 e. The van der Waals surface area contributed by atoms with Crippen molar-refractivity contribution in [1.29, 1.82) is 0 Å². The van der Waals surface area contributed by atoms with Crippen molar-refractivity contribution in [1.82, 2.24) is 19.6 Å². The Bertz CT molecular complexity index is 1450. The van der Waals surface area contributed by atoms with Crippen LogP contribution in [0.2, 0.25) is 0 Å². The standard InChI is InChI=1S/C29H29N5O2/c1-19-5-3-6-22(15-19)26-27(23-8-9-25-31-18-32-34(25)17-23)36-29(28(26)35)12-10-21(11-13-29)20(2)33-24-7-4-14-30-16-24/h3-9,14-18,20-21,33H,10-13H2,1-2H3. The molecule has 1 N–H and O–H groups in total. The van der Waals surface area contributed by atoms with Crippen LogP contribution < -0.4 is 5.32 Å². The van der Waals surface area contributed by atoms with Crippen LogP contribution in [0.25, 0.3) is 17.0 Å². The molecule has 1 saturated carbocycles. The Labute approximate surface area is 210 Å². The van der Waals surface area contributed by atoms with Crippen molar-refractivity contribution in [3.63, 3.8) is 0 Å². The van der Waals surface area contributed by atoms with E-state index >= 15 is 0 Å². The Balaban J connectivity index is 1.30. The summed E-state index contributed by atoms with van der Waals surface area (Å²) < 4.78 is 8.43. The molecule has 3 aromatic heterocycles. The summed E-state index contributed by atoms with van der Waals surface area (Å²) in [5.74, 6) is 1.18. The van der Waals surface area contributed by atoms with E-state index < -0.39 is 5.60 Å². The minimum absolute atomic E-state index is 0.0908. The molecule has 6 rings (SSSR count). The number of pyridine rings is 2. The van der Waals surface area contributed by atoms with Crippen molar-refractivity contribution >= 4 is 28.5 Å². The molecule has 1 aliphatic carbocycles. The van der Waals surface area contributed by atoms with Gasteiger partial charge in [-0.15, -0.1) is 0 Å². The molecule has 7 heteroatoms. The number of rotatable bonds is 5. The van der Waals surface area contributed by atoms with Gasteiger partial charge in [0, 0.05) is 30.2 Å². The zero-order valence-corrected chi connectivity index (χ0v) is 20.5. The average molecular weight is 480 g/mol. The second-order valence-electron chi connectivity index (χ2n) is 9.99. The monoisotopic (exact) mass is 479 g/mol. The van der Waals surface area contributed by atoms with Gasteiger partial charge in [0.25, 0.3) is 0 Å². The Morgan fingerprint density at radius 2 is 1.97 bits per heavy atom. The molecule has 1 unspecified atom stereocenters. The van der Waals surface area contributed by atoms with Gasteiger partial charge in [-0.2, -0.15) is 5.10 Å². The minimum atomic E-state index is -0.823. The van der Waals surface area contributed by atoms with Crippen LogP contribution in [0, 0.1) is 12.8 Å². The predicted octanol–water partition coefficient (Wildman–Crippen LogP) is 5.33. The number of nitrogens with one attached hydrogen (secondary N) is 1. The van der Waals surface area contributed by atoms with Crippen LogP contribution in [0.15, 0.2) is 73.4 Å². The summed E-state index contributed by atoms with van der Waals surface area (Å²) in [6.45, 7) is 4.26. The maximum Gasteiger partial charge on any atom is 0.210 e. The summed E-state index contributed by atoms with van der Waals surface area (Å²) in [4.78, 5) is 22.6. The normalized spacial score (nSPS) is 22.7. The number of carbonyl (C=O) groups excluding carboxylic acids is 1. The number of ketones is 1. The quantitative estimate of drug-likeness (QED) is 0.417. The fourth-order valence-corrected chi connectivity index (χ4v) is 5.61. The third-order valence-corrected chi connectivity index (χ3v) is 7.61. The third-order valence-electron chi connectivity index (χ3n) is 7.61. The number of Topliss-reactive ketones (excluding diaryl/α,β-unsaturated/α-hetero) is 1. The maximum atomic E-state index is 14.1. The van der Waals surface area contributed by atoms with E-state index in [2.05, 4.69) is 33.4 Å². The van der Waals surface area contributed by atoms with Crippen molar-refractivity contribution in [3.8, 4) is 0 Å². The molecule has 7 nitrogen and oxygen atoms in total. The summed E-state index contributed by atoms with van der Waals surface area (Å²) in [6.07, 6.45) is 10.3. The molecule has 0 radical (unpaired) electrons. The fourth-order valence-electron chi connectivity index (χ4n) is 5.61. The zero-order chi connectivity index (χ0) is 24.7. The van der Waals surface area contributed by atoms with Gasteiger partial charge in [-0.1, -0.05) is 29.8 Å². The summed E-state index contributed by atoms with van der Waals surface area (Å²) in [7, 11) is 0. The summed E-state index contributed by atoms with van der Waals surface area (Å²) in [5.41, 5.74) is 4.47. The molecule has 0 bridgehead atoms. The highest BCUT2D eigenvalue weighted by Crippen LogP contribution is 2.49. The molecule has 182 valence electrons. The van der Waals surface area contributed by atoms with E-state index in [1.807, 2.05) is 61.8 Å². The lowest BCUT2D eigenvalue weighted by atomic mass is 9.73. The van der Waals surface area contributed by atoms with Crippen molar-refractivity contribution in [2.45, 2.75) is 51.2 Å². The van der Waals surface area contributed by atoms with Gasteiger partial charge in [0.15, 0.2) is 11.2 Å². The Morgan fingerprint density at radius 3 is 2.75 bits per heavy atom. The molecule has 2 aliphatic rings. The van der Waals surface area contributed by atoms with Crippen LogP contribution in [0.5, 0.6) is 0 Å². The van der Waals surface area contributed by atoms with Gasteiger partial charge in [-0.05, 0) is 75.3 Å². The first kappa shape index (κ1) is 22.5. The van der Waals surface area contributed by atoms with E-state index in [0.717, 1.165) is 40.9 Å². The highest BCUT2D eigenvalue weighted by molar-refractivity contribution is 6.33. The maximum absolute atomic E-state index is 14.1. The molecule has 1 fully saturated rings. The van der Waals surface area contributed by atoms with Gasteiger partial charge in [0.05, 0.1) is 11.3 Å². The third kappa shape index (κ3) is 3.94. The number of hydrogen-bond donors (Lipinski definition) is 1. The molecule has 1 atom stereocenters. The van der Waals surface area contributed by atoms with Crippen molar-refractivity contribution < 1.29 is 9.53 Å². The summed E-state index contributed by atoms with van der Waals surface area (Å²) in [5, 5.41) is 7.86. The number of nitrogens with zero attached hydrogens (tertiary/aromatic N) is 4. The van der Waals surface area contributed by atoms with Crippen molar-refractivity contribution in [2.24, 2.45) is 5.92 Å². The molecular formula is C29H29N5O2. The van der Waals surface area contributed by atoms with Crippen LogP contribution in [0.1, 0.15) is 49.3 Å². The number of anilines is 1. The minimum Gasteiger partial charge on any atom is -0.478 e. The fraction of sp³-hybridized carbons (Fsp3) is 0.310. The second kappa shape index (κ2) is 8.90. The highest BCUT2D eigenvalue weighted by Gasteiger charge is 2.52. The lowest BCUT2D eigenvalue weighted by Gasteiger charge is -2.38. The average Bonchev–Trinajstić information content (AvgIpc) is 3.47. The zero-order valence-electron chi connectivity index (χ0n) is 20.5. The van der Waals surface area contributed by atoms with Crippen LogP contribution in [0.4, 0.5) is 5.69 Å². The van der Waals surface area contributed by atoms with E-state index in [9.17, 15) is 4.79 Å². The molecule has 4 aromatic rings. The topological polar surface area (TPSA) is 81.4 Å². The van der Waals surface area contributed by atoms with Crippen LogP contribution in [0.3, 0.4) is 0 Å².